The van der Waals surface area contributed by atoms with Gasteiger partial charge < -0.3 is 10.2 Å². The van der Waals surface area contributed by atoms with Gasteiger partial charge in [-0.25, -0.2) is 0 Å². The molecule has 108 valence electrons. The van der Waals surface area contributed by atoms with Gasteiger partial charge in [-0.05, 0) is 45.3 Å². The number of hydrogen-bond donors (Lipinski definition) is 1. The Morgan fingerprint density at radius 2 is 1.95 bits per heavy atom. The summed E-state index contributed by atoms with van der Waals surface area (Å²) in [6.07, 6.45) is 7.17. The molecule has 1 aliphatic carbocycles. The van der Waals surface area contributed by atoms with Gasteiger partial charge in [0, 0.05) is 11.3 Å². The number of amides is 2. The van der Waals surface area contributed by atoms with Gasteiger partial charge in [-0.15, -0.1) is 0 Å². The molecule has 2 fully saturated rings. The van der Waals surface area contributed by atoms with Crippen LogP contribution in [0.4, 0.5) is 0 Å². The molecule has 0 bridgehead atoms. The van der Waals surface area contributed by atoms with Gasteiger partial charge in [-0.3, -0.25) is 9.59 Å². The van der Waals surface area contributed by atoms with Crippen LogP contribution >= 0.6 is 11.8 Å². The van der Waals surface area contributed by atoms with Crippen molar-refractivity contribution in [1.82, 2.24) is 10.2 Å². The highest BCUT2D eigenvalue weighted by Gasteiger charge is 2.44. The van der Waals surface area contributed by atoms with Gasteiger partial charge in [-0.1, -0.05) is 6.92 Å². The van der Waals surface area contributed by atoms with E-state index in [4.69, 9.17) is 0 Å². The fourth-order valence-electron chi connectivity index (χ4n) is 3.07. The van der Waals surface area contributed by atoms with Crippen LogP contribution in [0.1, 0.15) is 46.0 Å². The van der Waals surface area contributed by atoms with Crippen LogP contribution in [-0.2, 0) is 9.59 Å². The van der Waals surface area contributed by atoms with Crippen molar-refractivity contribution >= 4 is 23.6 Å². The molecule has 0 aromatic rings. The molecule has 4 nitrogen and oxygen atoms in total. The van der Waals surface area contributed by atoms with E-state index in [0.29, 0.717) is 6.42 Å². The third-order valence-electron chi connectivity index (χ3n) is 4.59. The maximum absolute atomic E-state index is 12.6. The fourth-order valence-corrected chi connectivity index (χ4v) is 3.81. The average molecular weight is 284 g/mol. The third-order valence-corrected chi connectivity index (χ3v) is 5.73. The fraction of sp³-hybridized carbons (Fsp3) is 0.857. The quantitative estimate of drug-likeness (QED) is 0.859. The summed E-state index contributed by atoms with van der Waals surface area (Å²) in [4.78, 5) is 26.3. The molecule has 1 saturated heterocycles. The summed E-state index contributed by atoms with van der Waals surface area (Å²) < 4.78 is 0. The third kappa shape index (κ3) is 2.91. The van der Waals surface area contributed by atoms with E-state index in [9.17, 15) is 9.59 Å². The van der Waals surface area contributed by atoms with Gasteiger partial charge in [0.05, 0.1) is 6.54 Å². The molecule has 1 heterocycles. The molecule has 19 heavy (non-hydrogen) atoms. The van der Waals surface area contributed by atoms with E-state index >= 15 is 0 Å². The van der Waals surface area contributed by atoms with Crippen LogP contribution in [0.3, 0.4) is 0 Å². The molecule has 0 spiro atoms. The number of carbonyl (C=O) groups excluding carboxylic acids is 2. The number of carbonyl (C=O) groups is 2. The van der Waals surface area contributed by atoms with Crippen molar-refractivity contribution in [2.75, 3.05) is 12.8 Å². The maximum atomic E-state index is 12.6. The van der Waals surface area contributed by atoms with Crippen LogP contribution in [-0.4, -0.2) is 46.3 Å². The largest absolute Gasteiger partial charge is 0.340 e. The lowest BCUT2D eigenvalue weighted by molar-refractivity contribution is -0.152. The lowest BCUT2D eigenvalue weighted by Crippen LogP contribution is -2.67. The van der Waals surface area contributed by atoms with Crippen molar-refractivity contribution in [3.8, 4) is 0 Å². The van der Waals surface area contributed by atoms with E-state index < -0.39 is 5.54 Å². The van der Waals surface area contributed by atoms with Gasteiger partial charge in [0.2, 0.25) is 11.8 Å². The molecular formula is C14H24N2O2S. The standard InChI is InChI=1S/C14H24N2O2S/c1-4-14(2)13(18)16(9-12(17)15-14)10-5-7-11(19-3)8-6-10/h10-11H,4-9H2,1-3H3,(H,15,17). The summed E-state index contributed by atoms with van der Waals surface area (Å²) in [7, 11) is 0. The summed E-state index contributed by atoms with van der Waals surface area (Å²) in [5.74, 6) is 0.0816. The van der Waals surface area contributed by atoms with Crippen LogP contribution in [0.15, 0.2) is 0 Å². The topological polar surface area (TPSA) is 49.4 Å². The van der Waals surface area contributed by atoms with Crippen LogP contribution in [0, 0.1) is 0 Å². The zero-order valence-corrected chi connectivity index (χ0v) is 12.9. The van der Waals surface area contributed by atoms with Crippen molar-refractivity contribution in [2.45, 2.75) is 62.8 Å². The van der Waals surface area contributed by atoms with E-state index in [1.807, 2.05) is 30.5 Å². The SMILES string of the molecule is CCC1(C)NC(=O)CN(C2CCC(SC)CC2)C1=O. The Hall–Kier alpha value is -0.710. The minimum absolute atomic E-state index is 0.0176. The summed E-state index contributed by atoms with van der Waals surface area (Å²) in [5, 5.41) is 3.57. The second-order valence-electron chi connectivity index (χ2n) is 5.83. The molecule has 0 aromatic carbocycles. The first-order valence-electron chi connectivity index (χ1n) is 7.15. The number of nitrogens with one attached hydrogen (secondary N) is 1. The average Bonchev–Trinajstić information content (AvgIpc) is 2.43. The predicted molar refractivity (Wildman–Crippen MR) is 78.1 cm³/mol. The van der Waals surface area contributed by atoms with Crippen LogP contribution in [0.5, 0.6) is 0 Å². The Balaban J connectivity index is 2.07. The second kappa shape index (κ2) is 5.73. The van der Waals surface area contributed by atoms with Gasteiger partial charge in [0.1, 0.15) is 5.54 Å². The van der Waals surface area contributed by atoms with Gasteiger partial charge in [-0.2, -0.15) is 11.8 Å². The summed E-state index contributed by atoms with van der Waals surface area (Å²) in [6.45, 7) is 4.03. The predicted octanol–water partition coefficient (Wildman–Crippen LogP) is 1.79. The normalized spacial score (nSPS) is 36.3. The number of rotatable bonds is 3. The first-order chi connectivity index (χ1) is 9.00. The molecule has 2 amide bonds. The Bertz CT molecular complexity index is 366. The van der Waals surface area contributed by atoms with E-state index in [-0.39, 0.29) is 24.4 Å². The minimum Gasteiger partial charge on any atom is -0.340 e. The van der Waals surface area contributed by atoms with Gasteiger partial charge >= 0.3 is 0 Å². The van der Waals surface area contributed by atoms with E-state index in [0.717, 1.165) is 30.9 Å². The van der Waals surface area contributed by atoms with Crippen molar-refractivity contribution in [3.63, 3.8) is 0 Å². The first-order valence-corrected chi connectivity index (χ1v) is 8.44. The molecule has 1 N–H and O–H groups in total. The van der Waals surface area contributed by atoms with Crippen LogP contribution in [0.25, 0.3) is 0 Å². The molecular weight excluding hydrogens is 260 g/mol. The molecule has 2 rings (SSSR count). The minimum atomic E-state index is -0.703. The molecule has 5 heteroatoms. The Labute approximate surface area is 119 Å². The highest BCUT2D eigenvalue weighted by Crippen LogP contribution is 2.31. The highest BCUT2D eigenvalue weighted by molar-refractivity contribution is 7.99. The lowest BCUT2D eigenvalue weighted by Gasteiger charge is -2.44. The van der Waals surface area contributed by atoms with Crippen molar-refractivity contribution in [1.29, 1.82) is 0 Å². The number of hydrogen-bond acceptors (Lipinski definition) is 3. The molecule has 2 aliphatic rings. The molecule has 1 unspecified atom stereocenters. The second-order valence-corrected chi connectivity index (χ2v) is 6.97. The van der Waals surface area contributed by atoms with Gasteiger partial charge in [0.25, 0.3) is 0 Å². The van der Waals surface area contributed by atoms with Crippen molar-refractivity contribution < 1.29 is 9.59 Å². The molecule has 1 saturated carbocycles. The van der Waals surface area contributed by atoms with E-state index in [1.54, 1.807) is 0 Å². The van der Waals surface area contributed by atoms with Crippen LogP contribution < -0.4 is 5.32 Å². The highest BCUT2D eigenvalue weighted by atomic mass is 32.2. The Morgan fingerprint density at radius 3 is 2.47 bits per heavy atom. The summed E-state index contributed by atoms with van der Waals surface area (Å²) in [6, 6.07) is 0.257. The van der Waals surface area contributed by atoms with E-state index in [1.165, 1.54) is 0 Å². The van der Waals surface area contributed by atoms with Gasteiger partial charge in [0.15, 0.2) is 0 Å². The van der Waals surface area contributed by atoms with Crippen molar-refractivity contribution in [3.05, 3.63) is 0 Å². The van der Waals surface area contributed by atoms with Crippen LogP contribution in [0.2, 0.25) is 0 Å². The Morgan fingerprint density at radius 1 is 1.32 bits per heavy atom. The number of piperazine rings is 1. The number of thioether (sulfide) groups is 1. The maximum Gasteiger partial charge on any atom is 0.248 e. The molecule has 0 aromatic heterocycles. The Kier molecular flexibility index (Phi) is 4.43. The summed E-state index contributed by atoms with van der Waals surface area (Å²) in [5.41, 5.74) is -0.703. The summed E-state index contributed by atoms with van der Waals surface area (Å²) >= 11 is 1.92. The molecule has 0 radical (unpaired) electrons. The first kappa shape index (κ1) is 14.7. The smallest absolute Gasteiger partial charge is 0.248 e. The lowest BCUT2D eigenvalue weighted by atomic mass is 9.89. The van der Waals surface area contributed by atoms with E-state index in [2.05, 4.69) is 11.6 Å². The molecule has 1 atom stereocenters. The van der Waals surface area contributed by atoms with Crippen molar-refractivity contribution in [2.24, 2.45) is 0 Å². The number of nitrogens with zero attached hydrogens (tertiary/aromatic N) is 1. The molecule has 1 aliphatic heterocycles. The monoisotopic (exact) mass is 284 g/mol. The zero-order chi connectivity index (χ0) is 14.0. The zero-order valence-electron chi connectivity index (χ0n) is 12.1.